The van der Waals surface area contributed by atoms with Crippen molar-refractivity contribution >= 4 is 29.4 Å². The summed E-state index contributed by atoms with van der Waals surface area (Å²) in [4.78, 5) is 45.8. The number of nitrogens with zero attached hydrogens (tertiary/aromatic N) is 3. The molecule has 0 bridgehead atoms. The smallest absolute Gasteiger partial charge is 0.390 e. The molecule has 142 valence electrons. The van der Waals surface area contributed by atoms with Crippen LogP contribution in [0.5, 0.6) is 0 Å². The Balaban J connectivity index is 2.24. The fraction of sp³-hybridized carbons (Fsp3) is 0.250. The molecular formula is C16H16N4O7. The molecule has 2 aromatic rings. The van der Waals surface area contributed by atoms with Crippen molar-refractivity contribution in [3.05, 3.63) is 51.2 Å². The molecule has 0 aliphatic rings. The molecule has 0 saturated heterocycles. The van der Waals surface area contributed by atoms with Crippen LogP contribution in [-0.2, 0) is 20.8 Å². The lowest BCUT2D eigenvalue weighted by Gasteiger charge is -2.09. The molecule has 11 nitrogen and oxygen atoms in total. The predicted molar refractivity (Wildman–Crippen MR) is 91.4 cm³/mol. The van der Waals surface area contributed by atoms with E-state index in [0.717, 1.165) is 0 Å². The van der Waals surface area contributed by atoms with Crippen molar-refractivity contribution in [1.82, 2.24) is 9.78 Å². The molecule has 0 aliphatic carbocycles. The average molecular weight is 376 g/mol. The largest absolute Gasteiger partial charge is 0.465 e. The van der Waals surface area contributed by atoms with E-state index in [4.69, 9.17) is 0 Å². The molecule has 0 spiro atoms. The van der Waals surface area contributed by atoms with Gasteiger partial charge in [-0.25, -0.2) is 9.59 Å². The van der Waals surface area contributed by atoms with E-state index in [9.17, 15) is 24.5 Å². The monoisotopic (exact) mass is 376 g/mol. The van der Waals surface area contributed by atoms with Gasteiger partial charge >= 0.3 is 17.8 Å². The SMILES string of the molecule is COC(=O)c1cc(NC(=O)Cn2nc([N+](=O)[O-])cc2C)cc(C(=O)OC)c1. The number of nitrogens with one attached hydrogen (secondary N) is 1. The highest BCUT2D eigenvalue weighted by Gasteiger charge is 2.19. The van der Waals surface area contributed by atoms with E-state index in [0.29, 0.717) is 5.69 Å². The zero-order chi connectivity index (χ0) is 20.1. The molecule has 0 unspecified atom stereocenters. The highest BCUT2D eigenvalue weighted by atomic mass is 16.6. The van der Waals surface area contributed by atoms with Crippen LogP contribution in [0.1, 0.15) is 26.4 Å². The first kappa shape index (κ1) is 19.6. The maximum Gasteiger partial charge on any atom is 0.390 e. The van der Waals surface area contributed by atoms with Gasteiger partial charge in [0.25, 0.3) is 0 Å². The van der Waals surface area contributed by atoms with Crippen molar-refractivity contribution < 1.29 is 28.8 Å². The summed E-state index contributed by atoms with van der Waals surface area (Å²) in [6.07, 6.45) is 0. The summed E-state index contributed by atoms with van der Waals surface area (Å²) in [5.41, 5.74) is 0.668. The van der Waals surface area contributed by atoms with Gasteiger partial charge < -0.3 is 24.9 Å². The van der Waals surface area contributed by atoms with Crippen LogP contribution in [0, 0.1) is 17.0 Å². The van der Waals surface area contributed by atoms with E-state index in [1.54, 1.807) is 6.92 Å². The van der Waals surface area contributed by atoms with E-state index in [1.165, 1.54) is 43.2 Å². The number of aromatic nitrogens is 2. The normalized spacial score (nSPS) is 10.2. The fourth-order valence-electron chi connectivity index (χ4n) is 2.25. The lowest BCUT2D eigenvalue weighted by Crippen LogP contribution is -2.21. The maximum atomic E-state index is 12.2. The van der Waals surface area contributed by atoms with Crippen LogP contribution in [0.4, 0.5) is 11.5 Å². The Morgan fingerprint density at radius 2 is 1.67 bits per heavy atom. The minimum atomic E-state index is -0.699. The van der Waals surface area contributed by atoms with Crippen molar-refractivity contribution in [1.29, 1.82) is 0 Å². The summed E-state index contributed by atoms with van der Waals surface area (Å²) in [6, 6.07) is 5.16. The van der Waals surface area contributed by atoms with E-state index in [2.05, 4.69) is 19.9 Å². The lowest BCUT2D eigenvalue weighted by atomic mass is 10.1. The molecule has 0 saturated carbocycles. The van der Waals surface area contributed by atoms with Crippen molar-refractivity contribution in [3.8, 4) is 0 Å². The van der Waals surface area contributed by atoms with Crippen molar-refractivity contribution in [3.63, 3.8) is 0 Å². The molecule has 0 fully saturated rings. The summed E-state index contributed by atoms with van der Waals surface area (Å²) < 4.78 is 10.4. The Morgan fingerprint density at radius 3 is 2.11 bits per heavy atom. The number of aryl methyl sites for hydroxylation is 1. The highest BCUT2D eigenvalue weighted by Crippen LogP contribution is 2.18. The number of hydrogen-bond acceptors (Lipinski definition) is 8. The van der Waals surface area contributed by atoms with E-state index >= 15 is 0 Å². The third kappa shape index (κ3) is 4.66. The maximum absolute atomic E-state index is 12.2. The molecule has 0 radical (unpaired) electrons. The van der Waals surface area contributed by atoms with Gasteiger partial charge in [-0.05, 0) is 30.0 Å². The standard InChI is InChI=1S/C16H16N4O7/c1-9-4-13(20(24)25)18-19(9)8-14(21)17-12-6-10(15(22)26-2)5-11(7-12)16(23)27-3/h4-7H,8H2,1-3H3,(H,17,21). The number of ether oxygens (including phenoxy) is 2. The van der Waals surface area contributed by atoms with Gasteiger partial charge in [0.2, 0.25) is 5.91 Å². The summed E-state index contributed by atoms with van der Waals surface area (Å²) in [5.74, 6) is -2.33. The first-order chi connectivity index (χ1) is 12.7. The third-order valence-corrected chi connectivity index (χ3v) is 3.51. The number of carbonyl (C=O) groups excluding carboxylic acids is 3. The molecule has 0 atom stereocenters. The third-order valence-electron chi connectivity index (χ3n) is 3.51. The Hall–Kier alpha value is -3.76. The van der Waals surface area contributed by atoms with Crippen LogP contribution >= 0.6 is 0 Å². The first-order valence-electron chi connectivity index (χ1n) is 7.55. The van der Waals surface area contributed by atoms with Gasteiger partial charge in [0.05, 0.1) is 42.2 Å². The van der Waals surface area contributed by atoms with Gasteiger partial charge in [-0.2, -0.15) is 4.68 Å². The van der Waals surface area contributed by atoms with Gasteiger partial charge in [0.1, 0.15) is 6.54 Å². The molecule has 1 N–H and O–H groups in total. The molecule has 1 aromatic heterocycles. The van der Waals surface area contributed by atoms with Crippen LogP contribution in [0.15, 0.2) is 24.3 Å². The van der Waals surface area contributed by atoms with Crippen LogP contribution in [0.2, 0.25) is 0 Å². The first-order valence-corrected chi connectivity index (χ1v) is 7.55. The van der Waals surface area contributed by atoms with Crippen LogP contribution in [0.25, 0.3) is 0 Å². The molecule has 0 aliphatic heterocycles. The number of anilines is 1. The molecule has 27 heavy (non-hydrogen) atoms. The lowest BCUT2D eigenvalue weighted by molar-refractivity contribution is -0.389. The van der Waals surface area contributed by atoms with Gasteiger partial charge in [0, 0.05) is 5.69 Å². The van der Waals surface area contributed by atoms with Crippen molar-refractivity contribution in [2.24, 2.45) is 0 Å². The van der Waals surface area contributed by atoms with E-state index in [-0.39, 0.29) is 29.2 Å². The molecule has 1 heterocycles. The molecule has 1 aromatic carbocycles. The van der Waals surface area contributed by atoms with Crippen LogP contribution < -0.4 is 5.32 Å². The Morgan fingerprint density at radius 1 is 1.11 bits per heavy atom. The number of methoxy groups -OCH3 is 2. The molecular weight excluding hydrogens is 360 g/mol. The zero-order valence-corrected chi connectivity index (χ0v) is 14.7. The minimum Gasteiger partial charge on any atom is -0.465 e. The molecule has 11 heteroatoms. The highest BCUT2D eigenvalue weighted by molar-refractivity contribution is 5.99. The van der Waals surface area contributed by atoms with Crippen LogP contribution in [-0.4, -0.2) is 46.8 Å². The van der Waals surface area contributed by atoms with Crippen molar-refractivity contribution in [2.75, 3.05) is 19.5 Å². The van der Waals surface area contributed by atoms with E-state index in [1.807, 2.05) is 0 Å². The van der Waals surface area contributed by atoms with Crippen molar-refractivity contribution in [2.45, 2.75) is 13.5 Å². The van der Waals surface area contributed by atoms with E-state index < -0.39 is 22.8 Å². The van der Waals surface area contributed by atoms with Gasteiger partial charge in [0.15, 0.2) is 0 Å². The topological polar surface area (TPSA) is 143 Å². The number of nitro groups is 1. The Labute approximate surface area is 153 Å². The average Bonchev–Trinajstić information content (AvgIpc) is 3.00. The number of amides is 1. The zero-order valence-electron chi connectivity index (χ0n) is 14.7. The molecule has 1 amide bonds. The predicted octanol–water partition coefficient (Wildman–Crippen LogP) is 1.31. The second kappa shape index (κ2) is 8.08. The Kier molecular flexibility index (Phi) is 5.85. The van der Waals surface area contributed by atoms with Gasteiger partial charge in [-0.1, -0.05) is 0 Å². The number of esters is 2. The summed E-state index contributed by atoms with van der Waals surface area (Å²) in [6.45, 7) is 1.27. The number of carbonyl (C=O) groups is 3. The Bertz CT molecular complexity index is 885. The van der Waals surface area contributed by atoms with Gasteiger partial charge in [-0.3, -0.25) is 4.79 Å². The second-order valence-electron chi connectivity index (χ2n) is 5.39. The van der Waals surface area contributed by atoms with Crippen LogP contribution in [0.3, 0.4) is 0 Å². The quantitative estimate of drug-likeness (QED) is 0.452. The molecule has 2 rings (SSSR count). The summed E-state index contributed by atoms with van der Waals surface area (Å²) >= 11 is 0. The van der Waals surface area contributed by atoms with Gasteiger partial charge in [-0.15, -0.1) is 0 Å². The number of rotatable bonds is 6. The number of benzene rings is 1. The summed E-state index contributed by atoms with van der Waals surface area (Å²) in [5, 5.41) is 17.0. The second-order valence-corrected chi connectivity index (χ2v) is 5.39. The minimum absolute atomic E-state index is 0.0432. The summed E-state index contributed by atoms with van der Waals surface area (Å²) in [7, 11) is 2.36. The number of hydrogen-bond donors (Lipinski definition) is 1. The fourth-order valence-corrected chi connectivity index (χ4v) is 2.25.